The largest absolute Gasteiger partial charge is 0.271 e. The van der Waals surface area contributed by atoms with Crippen LogP contribution in [-0.4, -0.2) is 11.0 Å². The van der Waals surface area contributed by atoms with Gasteiger partial charge in [0, 0.05) is 22.9 Å². The Morgan fingerprint density at radius 1 is 1.32 bits per heavy atom. The maximum atomic E-state index is 5.83. The summed E-state index contributed by atoms with van der Waals surface area (Å²) in [5, 5.41) is 0. The normalized spacial score (nSPS) is 40.2. The van der Waals surface area contributed by atoms with E-state index in [9.17, 15) is 0 Å². The summed E-state index contributed by atoms with van der Waals surface area (Å²) in [4.78, 5) is 4.25. The number of aromatic nitrogens is 1. The van der Waals surface area contributed by atoms with Crippen LogP contribution < -0.4 is 11.3 Å². The van der Waals surface area contributed by atoms with Gasteiger partial charge in [0.1, 0.15) is 0 Å². The Bertz CT molecular complexity index is 476. The van der Waals surface area contributed by atoms with Gasteiger partial charge in [-0.05, 0) is 82.8 Å². The monoisotopic (exact) mass is 321 g/mol. The lowest BCUT2D eigenvalue weighted by atomic mass is 9.94. The molecule has 0 aromatic carbocycles. The lowest BCUT2D eigenvalue weighted by molar-refractivity contribution is 0.365. The van der Waals surface area contributed by atoms with E-state index in [2.05, 4.69) is 32.4 Å². The first-order valence-corrected chi connectivity index (χ1v) is 8.13. The predicted molar refractivity (Wildman–Crippen MR) is 78.1 cm³/mol. The van der Waals surface area contributed by atoms with Crippen molar-refractivity contribution >= 4 is 15.9 Å². The van der Waals surface area contributed by atoms with Crippen molar-refractivity contribution in [3.8, 4) is 0 Å². The molecule has 0 spiro atoms. The molecule has 1 aromatic heterocycles. The van der Waals surface area contributed by atoms with Crippen LogP contribution in [0.1, 0.15) is 24.8 Å². The summed E-state index contributed by atoms with van der Waals surface area (Å²) < 4.78 is 1.05. The van der Waals surface area contributed by atoms with Crippen molar-refractivity contribution in [2.45, 2.75) is 31.7 Å². The highest BCUT2D eigenvalue weighted by Gasteiger charge is 2.66. The molecule has 0 saturated heterocycles. The second kappa shape index (κ2) is 4.54. The molecule has 3 nitrogen and oxygen atoms in total. The number of nitrogens with zero attached hydrogens (tertiary/aromatic N) is 1. The molecule has 5 atom stereocenters. The number of hydrazine groups is 1. The Labute approximate surface area is 122 Å². The van der Waals surface area contributed by atoms with Crippen molar-refractivity contribution in [3.05, 3.63) is 28.5 Å². The zero-order valence-electron chi connectivity index (χ0n) is 10.9. The fourth-order valence-corrected chi connectivity index (χ4v) is 5.47. The molecule has 0 amide bonds. The van der Waals surface area contributed by atoms with Gasteiger partial charge >= 0.3 is 0 Å². The number of pyridine rings is 1. The van der Waals surface area contributed by atoms with Crippen LogP contribution in [0.2, 0.25) is 0 Å². The summed E-state index contributed by atoms with van der Waals surface area (Å²) in [6.45, 7) is 0. The predicted octanol–water partition coefficient (Wildman–Crippen LogP) is 2.51. The minimum Gasteiger partial charge on any atom is -0.271 e. The zero-order chi connectivity index (χ0) is 13.0. The van der Waals surface area contributed by atoms with Crippen LogP contribution in [-0.2, 0) is 6.42 Å². The average molecular weight is 322 g/mol. The van der Waals surface area contributed by atoms with Gasteiger partial charge in [0.2, 0.25) is 0 Å². The molecule has 3 aliphatic carbocycles. The van der Waals surface area contributed by atoms with E-state index in [1.807, 2.05) is 12.4 Å². The summed E-state index contributed by atoms with van der Waals surface area (Å²) in [7, 11) is 0. The zero-order valence-corrected chi connectivity index (χ0v) is 12.5. The third-order valence-corrected chi connectivity index (χ3v) is 6.12. The smallest absolute Gasteiger partial charge is 0.0410 e. The summed E-state index contributed by atoms with van der Waals surface area (Å²) in [6, 6.07) is 2.58. The molecule has 4 rings (SSSR count). The van der Waals surface area contributed by atoms with Crippen LogP contribution in [0.5, 0.6) is 0 Å². The highest BCUT2D eigenvalue weighted by Crippen LogP contribution is 2.70. The van der Waals surface area contributed by atoms with Crippen molar-refractivity contribution in [3.63, 3.8) is 0 Å². The molecule has 19 heavy (non-hydrogen) atoms. The number of rotatable bonds is 4. The highest BCUT2D eigenvalue weighted by atomic mass is 79.9. The van der Waals surface area contributed by atoms with E-state index >= 15 is 0 Å². The van der Waals surface area contributed by atoms with Gasteiger partial charge < -0.3 is 0 Å². The number of nitrogens with two attached hydrogens (primary N) is 1. The summed E-state index contributed by atoms with van der Waals surface area (Å²) in [5.41, 5.74) is 4.36. The standard InChI is InChI=1S/C15H20BrN3/c16-11-3-8(6-18-7-11)4-12(19-17)15-13-9-1-2-10(5-9)14(13)15/h3,6-7,9-10,12-15,19H,1-2,4-5,17H2. The first-order valence-electron chi connectivity index (χ1n) is 7.33. The molecular formula is C15H20BrN3. The van der Waals surface area contributed by atoms with Crippen LogP contribution in [0.4, 0.5) is 0 Å². The first-order chi connectivity index (χ1) is 9.28. The topological polar surface area (TPSA) is 50.9 Å². The van der Waals surface area contributed by atoms with E-state index in [0.717, 1.165) is 40.5 Å². The SMILES string of the molecule is NNC(Cc1cncc(Br)c1)C1C2C3CCC(C3)C21. The van der Waals surface area contributed by atoms with Crippen LogP contribution in [0.25, 0.3) is 0 Å². The van der Waals surface area contributed by atoms with Crippen LogP contribution in [0, 0.1) is 29.6 Å². The second-order valence-corrected chi connectivity index (χ2v) is 7.47. The quantitative estimate of drug-likeness (QED) is 0.661. The number of hydrogen-bond acceptors (Lipinski definition) is 3. The van der Waals surface area contributed by atoms with E-state index in [-0.39, 0.29) is 0 Å². The molecule has 1 aromatic rings. The third kappa shape index (κ3) is 1.96. The Morgan fingerprint density at radius 3 is 2.68 bits per heavy atom. The van der Waals surface area contributed by atoms with Crippen LogP contribution >= 0.6 is 15.9 Å². The number of nitrogens with one attached hydrogen (secondary N) is 1. The van der Waals surface area contributed by atoms with Gasteiger partial charge in [0.05, 0.1) is 0 Å². The molecule has 1 heterocycles. The van der Waals surface area contributed by atoms with E-state index < -0.39 is 0 Å². The van der Waals surface area contributed by atoms with E-state index in [1.165, 1.54) is 24.8 Å². The van der Waals surface area contributed by atoms with E-state index in [0.29, 0.717) is 6.04 Å². The van der Waals surface area contributed by atoms with Gasteiger partial charge in [-0.15, -0.1) is 0 Å². The van der Waals surface area contributed by atoms with Crippen molar-refractivity contribution in [2.75, 3.05) is 0 Å². The van der Waals surface area contributed by atoms with Crippen molar-refractivity contribution in [1.82, 2.24) is 10.4 Å². The van der Waals surface area contributed by atoms with E-state index in [1.54, 1.807) is 0 Å². The summed E-state index contributed by atoms with van der Waals surface area (Å²) in [6.07, 6.45) is 9.24. The highest BCUT2D eigenvalue weighted by molar-refractivity contribution is 9.10. The van der Waals surface area contributed by atoms with Gasteiger partial charge in [-0.3, -0.25) is 16.3 Å². The van der Waals surface area contributed by atoms with Crippen molar-refractivity contribution in [1.29, 1.82) is 0 Å². The Hall–Kier alpha value is -0.450. The Kier molecular flexibility index (Phi) is 2.94. The Balaban J connectivity index is 1.48. The van der Waals surface area contributed by atoms with Gasteiger partial charge in [0.25, 0.3) is 0 Å². The summed E-state index contributed by atoms with van der Waals surface area (Å²) >= 11 is 3.49. The molecule has 0 aliphatic heterocycles. The lowest BCUT2D eigenvalue weighted by Crippen LogP contribution is -2.40. The van der Waals surface area contributed by atoms with Gasteiger partial charge in [-0.25, -0.2) is 0 Å². The first kappa shape index (κ1) is 12.3. The Morgan fingerprint density at radius 2 is 2.05 bits per heavy atom. The van der Waals surface area contributed by atoms with Crippen LogP contribution in [0.15, 0.2) is 22.9 Å². The van der Waals surface area contributed by atoms with Gasteiger partial charge in [-0.1, -0.05) is 0 Å². The maximum Gasteiger partial charge on any atom is 0.0410 e. The van der Waals surface area contributed by atoms with Crippen molar-refractivity contribution in [2.24, 2.45) is 35.4 Å². The minimum absolute atomic E-state index is 0.425. The molecule has 2 bridgehead atoms. The van der Waals surface area contributed by atoms with Crippen molar-refractivity contribution < 1.29 is 0 Å². The number of hydrogen-bond donors (Lipinski definition) is 2. The average Bonchev–Trinajstić information content (AvgIpc) is 2.83. The third-order valence-electron chi connectivity index (χ3n) is 5.69. The fourth-order valence-electron chi connectivity index (χ4n) is 5.06. The molecule has 0 radical (unpaired) electrons. The van der Waals surface area contributed by atoms with E-state index in [4.69, 9.17) is 5.84 Å². The lowest BCUT2D eigenvalue weighted by Gasteiger charge is -2.19. The molecule has 4 heteroatoms. The fraction of sp³-hybridized carbons (Fsp3) is 0.667. The molecule has 3 saturated carbocycles. The molecule has 102 valence electrons. The second-order valence-electron chi connectivity index (χ2n) is 6.55. The van der Waals surface area contributed by atoms with Gasteiger partial charge in [-0.2, -0.15) is 0 Å². The number of halogens is 1. The summed E-state index contributed by atoms with van der Waals surface area (Å²) in [5.74, 6) is 10.6. The molecule has 3 N–H and O–H groups in total. The van der Waals surface area contributed by atoms with Crippen LogP contribution in [0.3, 0.4) is 0 Å². The molecular weight excluding hydrogens is 302 g/mol. The number of fused-ring (bicyclic) bond motifs is 5. The molecule has 5 unspecified atom stereocenters. The molecule has 3 aliphatic rings. The molecule has 3 fully saturated rings. The van der Waals surface area contributed by atoms with Gasteiger partial charge in [0.15, 0.2) is 0 Å². The minimum atomic E-state index is 0.425. The maximum absolute atomic E-state index is 5.83.